The molecular formula is C49H87ClF4N10O4. The highest BCUT2D eigenvalue weighted by Crippen LogP contribution is 2.25. The van der Waals surface area contributed by atoms with Crippen LogP contribution in [0.1, 0.15) is 91.0 Å². The maximum Gasteiger partial charge on any atom is 0.304 e. The SMILES string of the molecule is C.C.CC.CC(C)N1CCN(c2ccc(N)c(F)c2)CC1.CC(C)N1CCN(c2ccc([N+](=O)[O-])c(F)c2)CC1.CC(C)N1CCNCC1.CCN(CC)CC.Cl.O=[N+]([O-])c1ccc(F)cc1F. The highest BCUT2D eigenvalue weighted by molar-refractivity contribution is 5.85. The lowest BCUT2D eigenvalue weighted by Crippen LogP contribution is -2.48. The Kier molecular flexibility index (Phi) is 36.6. The second-order valence-corrected chi connectivity index (χ2v) is 16.2. The Morgan fingerprint density at radius 2 is 0.912 bits per heavy atom. The van der Waals surface area contributed by atoms with Crippen LogP contribution >= 0.6 is 12.4 Å². The Morgan fingerprint density at radius 1 is 0.574 bits per heavy atom. The third kappa shape index (κ3) is 24.3. The first-order valence-corrected chi connectivity index (χ1v) is 23.1. The van der Waals surface area contributed by atoms with Gasteiger partial charge in [0.1, 0.15) is 11.6 Å². The van der Waals surface area contributed by atoms with Crippen molar-refractivity contribution in [3.63, 3.8) is 0 Å². The van der Waals surface area contributed by atoms with Gasteiger partial charge in [-0.1, -0.05) is 49.5 Å². The molecule has 3 fully saturated rings. The van der Waals surface area contributed by atoms with Gasteiger partial charge in [0.25, 0.3) is 0 Å². The molecule has 19 heteroatoms. The minimum atomic E-state index is -1.16. The fourth-order valence-electron chi connectivity index (χ4n) is 7.05. The molecule has 0 saturated carbocycles. The van der Waals surface area contributed by atoms with Crippen LogP contribution in [0.2, 0.25) is 0 Å². The Bertz CT molecular complexity index is 1800. The van der Waals surface area contributed by atoms with Crippen molar-refractivity contribution in [2.45, 2.75) is 109 Å². The fraction of sp³-hybridized carbons (Fsp3) is 0.633. The van der Waals surface area contributed by atoms with Crippen LogP contribution < -0.4 is 20.9 Å². The number of hydrogen-bond donors (Lipinski definition) is 2. The van der Waals surface area contributed by atoms with Crippen LogP contribution in [0.4, 0.5) is 46.0 Å². The number of benzene rings is 3. The molecule has 3 saturated heterocycles. The molecule has 0 aliphatic carbocycles. The van der Waals surface area contributed by atoms with Crippen LogP contribution in [0.15, 0.2) is 54.6 Å². The van der Waals surface area contributed by atoms with Crippen LogP contribution in [0.25, 0.3) is 0 Å². The Labute approximate surface area is 412 Å². The Morgan fingerprint density at radius 3 is 1.21 bits per heavy atom. The van der Waals surface area contributed by atoms with Crippen molar-refractivity contribution < 1.29 is 27.4 Å². The van der Waals surface area contributed by atoms with Crippen LogP contribution in [0, 0.1) is 43.5 Å². The van der Waals surface area contributed by atoms with Crippen molar-refractivity contribution in [3.8, 4) is 0 Å². The monoisotopic (exact) mass is 991 g/mol. The molecule has 0 spiro atoms. The highest BCUT2D eigenvalue weighted by Gasteiger charge is 2.22. The molecular weight excluding hydrogens is 904 g/mol. The lowest BCUT2D eigenvalue weighted by atomic mass is 10.2. The molecule has 3 N–H and O–H groups in total. The predicted molar refractivity (Wildman–Crippen MR) is 280 cm³/mol. The van der Waals surface area contributed by atoms with Crippen LogP contribution in [-0.2, 0) is 0 Å². The zero-order chi connectivity index (χ0) is 49.2. The van der Waals surface area contributed by atoms with E-state index >= 15 is 0 Å². The third-order valence-corrected chi connectivity index (χ3v) is 11.3. The number of piperazine rings is 3. The van der Waals surface area contributed by atoms with Gasteiger partial charge < -0.3 is 25.8 Å². The Hall–Kier alpha value is -4.33. The summed E-state index contributed by atoms with van der Waals surface area (Å²) in [6, 6.07) is 13.1. The summed E-state index contributed by atoms with van der Waals surface area (Å²) in [5.41, 5.74) is 6.16. The normalized spacial score (nSPS) is 14.9. The van der Waals surface area contributed by atoms with Gasteiger partial charge in [0, 0.05) is 132 Å². The number of nitrogens with two attached hydrogens (primary N) is 1. The van der Waals surface area contributed by atoms with Gasteiger partial charge in [-0.25, -0.2) is 8.78 Å². The molecule has 0 radical (unpaired) electrons. The van der Waals surface area contributed by atoms with E-state index in [2.05, 4.69) is 97.0 Å². The number of halogens is 5. The van der Waals surface area contributed by atoms with Gasteiger partial charge in [0.15, 0.2) is 0 Å². The number of rotatable bonds is 10. The van der Waals surface area contributed by atoms with Crippen LogP contribution in [0.3, 0.4) is 0 Å². The average molecular weight is 992 g/mol. The van der Waals surface area contributed by atoms with E-state index in [1.54, 1.807) is 12.1 Å². The second kappa shape index (κ2) is 36.6. The van der Waals surface area contributed by atoms with Gasteiger partial charge in [-0.3, -0.25) is 34.9 Å². The van der Waals surface area contributed by atoms with E-state index in [1.165, 1.54) is 50.9 Å². The first-order valence-electron chi connectivity index (χ1n) is 23.1. The number of hydrogen-bond acceptors (Lipinski definition) is 12. The van der Waals surface area contributed by atoms with Crippen molar-refractivity contribution in [2.75, 3.05) is 114 Å². The molecule has 3 heterocycles. The highest BCUT2D eigenvalue weighted by atomic mass is 35.5. The molecule has 6 rings (SSSR count). The molecule has 0 amide bonds. The number of nitrogens with one attached hydrogen (secondary N) is 1. The summed E-state index contributed by atoms with van der Waals surface area (Å²) in [4.78, 5) is 32.9. The minimum absolute atomic E-state index is 0. The molecule has 3 aliphatic heterocycles. The van der Waals surface area contributed by atoms with E-state index in [0.717, 1.165) is 89.3 Å². The summed E-state index contributed by atoms with van der Waals surface area (Å²) < 4.78 is 51.5. The topological polar surface area (TPSA) is 144 Å². The molecule has 392 valence electrons. The summed E-state index contributed by atoms with van der Waals surface area (Å²) in [6.07, 6.45) is 0. The number of nitro groups is 2. The van der Waals surface area contributed by atoms with Gasteiger partial charge in [0.2, 0.25) is 11.6 Å². The molecule has 68 heavy (non-hydrogen) atoms. The maximum atomic E-state index is 13.6. The second-order valence-electron chi connectivity index (χ2n) is 16.2. The molecule has 0 unspecified atom stereocenters. The van der Waals surface area contributed by atoms with Gasteiger partial charge in [-0.15, -0.1) is 12.4 Å². The fourth-order valence-corrected chi connectivity index (χ4v) is 7.05. The lowest BCUT2D eigenvalue weighted by molar-refractivity contribution is -0.387. The van der Waals surface area contributed by atoms with Gasteiger partial charge in [-0.2, -0.15) is 8.78 Å². The van der Waals surface area contributed by atoms with E-state index < -0.39 is 38.7 Å². The molecule has 3 aromatic carbocycles. The number of nitro benzene ring substituents is 2. The van der Waals surface area contributed by atoms with Crippen LogP contribution in [-0.4, -0.2) is 146 Å². The summed E-state index contributed by atoms with van der Waals surface area (Å²) in [6.45, 7) is 39.6. The molecule has 3 aliphatic rings. The summed E-state index contributed by atoms with van der Waals surface area (Å²) in [5, 5.41) is 23.9. The van der Waals surface area contributed by atoms with Crippen molar-refractivity contribution in [3.05, 3.63) is 98.1 Å². The van der Waals surface area contributed by atoms with Crippen molar-refractivity contribution in [1.82, 2.24) is 24.9 Å². The summed E-state index contributed by atoms with van der Waals surface area (Å²) in [7, 11) is 0. The quantitative estimate of drug-likeness (QED) is 0.0864. The van der Waals surface area contributed by atoms with E-state index in [0.29, 0.717) is 23.8 Å². The van der Waals surface area contributed by atoms with E-state index in [9.17, 15) is 37.8 Å². The average Bonchev–Trinajstić information content (AvgIpc) is 3.29. The van der Waals surface area contributed by atoms with Crippen LogP contribution in [0.5, 0.6) is 0 Å². The molecule has 3 aromatic rings. The molecule has 14 nitrogen and oxygen atoms in total. The minimum Gasteiger partial charge on any atom is -0.396 e. The molecule has 0 bridgehead atoms. The van der Waals surface area contributed by atoms with E-state index in [1.807, 2.05) is 19.9 Å². The number of nitrogens with zero attached hydrogens (tertiary/aromatic N) is 8. The number of nitrogen functional groups attached to an aromatic ring is 1. The van der Waals surface area contributed by atoms with Gasteiger partial charge in [0.05, 0.1) is 15.5 Å². The zero-order valence-corrected chi connectivity index (χ0v) is 42.1. The largest absolute Gasteiger partial charge is 0.396 e. The summed E-state index contributed by atoms with van der Waals surface area (Å²) in [5.74, 6) is -3.08. The standard InChI is InChI=1S/C13H18FN3O2.C13H20FN3.C7H16N2.C6H3F2NO2.C6H15N.C2H6.2CH4.ClH/c1-10(2)15-5-7-16(8-6-15)11-3-4-13(17(18)19)12(14)9-11;1-10(2)16-5-7-17(8-6-16)11-3-4-13(15)12(14)9-11;1-7(2)9-5-3-8-4-6-9;7-4-1-2-6(9(10)11)5(8)3-4;1-4-7(5-2)6-3;1-2;;;/h3-4,9-10H,5-8H2,1-2H3;3-4,9-10H,5-8,15H2,1-2H3;7-8H,3-6H2,1-2H3;1-3H;4-6H2,1-3H3;1-2H3;2*1H4;1H. The smallest absolute Gasteiger partial charge is 0.304 e. The maximum absolute atomic E-state index is 13.6. The Balaban J connectivity index is -0.000000793. The van der Waals surface area contributed by atoms with Crippen molar-refractivity contribution >= 4 is 40.8 Å². The third-order valence-electron chi connectivity index (χ3n) is 11.3. The van der Waals surface area contributed by atoms with Crippen molar-refractivity contribution in [2.24, 2.45) is 0 Å². The van der Waals surface area contributed by atoms with E-state index in [4.69, 9.17) is 5.73 Å². The first-order chi connectivity index (χ1) is 30.8. The number of anilines is 3. The molecule has 0 atom stereocenters. The predicted octanol–water partition coefficient (Wildman–Crippen LogP) is 10.4. The van der Waals surface area contributed by atoms with Gasteiger partial charge in [-0.05, 0) is 91.5 Å². The first kappa shape index (κ1) is 67.9. The zero-order valence-electron chi connectivity index (χ0n) is 41.2. The van der Waals surface area contributed by atoms with E-state index in [-0.39, 0.29) is 38.8 Å². The molecule has 0 aromatic heterocycles. The summed E-state index contributed by atoms with van der Waals surface area (Å²) >= 11 is 0. The van der Waals surface area contributed by atoms with Gasteiger partial charge >= 0.3 is 11.4 Å². The van der Waals surface area contributed by atoms with Crippen molar-refractivity contribution in [1.29, 1.82) is 0 Å². The lowest BCUT2D eigenvalue weighted by Gasteiger charge is -2.38.